The molecule has 0 fully saturated rings. The molecule has 14 heteroatoms. The minimum Gasteiger partial charge on any atom is -0.484 e. The second-order valence-electron chi connectivity index (χ2n) is 6.89. The number of nitrogens with zero attached hydrogens (tertiary/aromatic N) is 5. The summed E-state index contributed by atoms with van der Waals surface area (Å²) in [6.45, 7) is -0.358. The second kappa shape index (κ2) is 9.38. The van der Waals surface area contributed by atoms with Crippen molar-refractivity contribution in [3.63, 3.8) is 0 Å². The quantitative estimate of drug-likeness (QED) is 0.531. The lowest BCUT2D eigenvalue weighted by Gasteiger charge is -2.17. The van der Waals surface area contributed by atoms with Crippen LogP contribution in [0.3, 0.4) is 0 Å². The number of halogens is 6. The Morgan fingerprint density at radius 1 is 1.18 bits per heavy atom. The number of nitriles is 1. The highest BCUT2D eigenvalue weighted by atomic mass is 19.4. The van der Waals surface area contributed by atoms with Gasteiger partial charge in [0.05, 0.1) is 17.2 Å². The molecule has 0 aliphatic carbocycles. The molecule has 2 heterocycles. The average Bonchev–Trinajstić information content (AvgIpc) is 3.26. The zero-order valence-electron chi connectivity index (χ0n) is 17.1. The van der Waals surface area contributed by atoms with E-state index in [-0.39, 0.29) is 11.6 Å². The second-order valence-corrected chi connectivity index (χ2v) is 6.89. The van der Waals surface area contributed by atoms with Gasteiger partial charge in [-0.2, -0.15) is 41.4 Å². The van der Waals surface area contributed by atoms with Gasteiger partial charge in [-0.25, -0.2) is 9.97 Å². The molecule has 178 valence electrons. The fraction of sp³-hybridized carbons (Fsp3) is 0.250. The van der Waals surface area contributed by atoms with Crippen molar-refractivity contribution in [3.05, 3.63) is 65.4 Å². The number of carbonyl (C=O) groups excluding carboxylic acids is 1. The van der Waals surface area contributed by atoms with Crippen LogP contribution in [0.2, 0.25) is 0 Å². The number of rotatable bonds is 6. The largest absolute Gasteiger partial charge is 0.484 e. The fourth-order valence-electron chi connectivity index (χ4n) is 2.79. The number of amides is 1. The first-order valence-electron chi connectivity index (χ1n) is 9.36. The number of pyridine rings is 1. The minimum atomic E-state index is -4.93. The van der Waals surface area contributed by atoms with Gasteiger partial charge in [-0.05, 0) is 37.3 Å². The molecular weight excluding hydrogens is 470 g/mol. The molecule has 1 amide bonds. The van der Waals surface area contributed by atoms with Crippen molar-refractivity contribution in [2.24, 2.45) is 0 Å². The maximum atomic E-state index is 13.2. The zero-order valence-corrected chi connectivity index (χ0v) is 17.1. The molecule has 0 spiro atoms. The lowest BCUT2D eigenvalue weighted by molar-refractivity contribution is -0.153. The van der Waals surface area contributed by atoms with E-state index in [1.807, 2.05) is 6.07 Å². The summed E-state index contributed by atoms with van der Waals surface area (Å²) >= 11 is 0. The van der Waals surface area contributed by atoms with Gasteiger partial charge < -0.3 is 10.1 Å². The number of hydrogen-bond donors (Lipinski definition) is 1. The van der Waals surface area contributed by atoms with E-state index in [0.717, 1.165) is 12.4 Å². The van der Waals surface area contributed by atoms with Crippen LogP contribution < -0.4 is 10.1 Å². The molecule has 3 rings (SSSR count). The average molecular weight is 484 g/mol. The van der Waals surface area contributed by atoms with Crippen molar-refractivity contribution < 1.29 is 35.9 Å². The molecule has 2 aromatic heterocycles. The Bertz CT molecular complexity index is 1210. The third kappa shape index (κ3) is 6.00. The highest BCUT2D eigenvalue weighted by Crippen LogP contribution is 2.33. The van der Waals surface area contributed by atoms with Crippen LogP contribution in [-0.4, -0.2) is 38.4 Å². The third-order valence-corrected chi connectivity index (χ3v) is 4.30. The molecule has 34 heavy (non-hydrogen) atoms. The van der Waals surface area contributed by atoms with Gasteiger partial charge in [-0.1, -0.05) is 0 Å². The number of hydrogen-bond acceptors (Lipinski definition) is 6. The molecule has 0 radical (unpaired) electrons. The summed E-state index contributed by atoms with van der Waals surface area (Å²) in [6, 6.07) is 5.59. The van der Waals surface area contributed by atoms with E-state index in [1.54, 1.807) is 0 Å². The minimum absolute atomic E-state index is 0.158. The molecule has 3 aromatic rings. The molecule has 0 saturated heterocycles. The van der Waals surface area contributed by atoms with Crippen molar-refractivity contribution in [2.75, 3.05) is 6.61 Å². The van der Waals surface area contributed by atoms with Gasteiger partial charge in [0.15, 0.2) is 18.2 Å². The first-order chi connectivity index (χ1) is 15.9. The smallest absolute Gasteiger partial charge is 0.422 e. The van der Waals surface area contributed by atoms with Crippen molar-refractivity contribution >= 4 is 5.91 Å². The van der Waals surface area contributed by atoms with Crippen LogP contribution in [0.5, 0.6) is 5.75 Å². The number of alkyl halides is 6. The molecular formula is C20H14F6N6O2. The maximum absolute atomic E-state index is 13.2. The van der Waals surface area contributed by atoms with E-state index < -0.39 is 47.8 Å². The predicted molar refractivity (Wildman–Crippen MR) is 103 cm³/mol. The standard InChI is InChI=1S/C20H14F6N6O2/c1-11(17-29-10-30-32(17)16-3-2-12(7-27)8-28-16)31-18(33)13-4-14(20(24,25)26)6-15(5-13)34-9-19(21,22)23/h2-6,8,10-11H,9H2,1H3,(H,31,33). The summed E-state index contributed by atoms with van der Waals surface area (Å²) in [6.07, 6.45) is -7.27. The van der Waals surface area contributed by atoms with Gasteiger partial charge in [-0.3, -0.25) is 4.79 Å². The summed E-state index contributed by atoms with van der Waals surface area (Å²) in [4.78, 5) is 20.7. The van der Waals surface area contributed by atoms with E-state index >= 15 is 0 Å². The summed E-state index contributed by atoms with van der Waals surface area (Å²) in [5.74, 6) is -1.37. The number of benzene rings is 1. The number of carbonyl (C=O) groups is 1. The maximum Gasteiger partial charge on any atom is 0.422 e. The van der Waals surface area contributed by atoms with E-state index in [2.05, 4.69) is 25.1 Å². The normalized spacial score (nSPS) is 12.6. The lowest BCUT2D eigenvalue weighted by Crippen LogP contribution is -2.29. The van der Waals surface area contributed by atoms with Crippen molar-refractivity contribution in [2.45, 2.75) is 25.3 Å². The Morgan fingerprint density at radius 2 is 1.91 bits per heavy atom. The Hall–Kier alpha value is -4.15. The van der Waals surface area contributed by atoms with E-state index in [0.29, 0.717) is 17.7 Å². The topological polar surface area (TPSA) is 106 Å². The molecule has 8 nitrogen and oxygen atoms in total. The van der Waals surface area contributed by atoms with Crippen LogP contribution in [-0.2, 0) is 6.18 Å². The van der Waals surface area contributed by atoms with Crippen LogP contribution in [0, 0.1) is 11.3 Å². The van der Waals surface area contributed by atoms with Gasteiger partial charge in [-0.15, -0.1) is 0 Å². The van der Waals surface area contributed by atoms with Crippen molar-refractivity contribution in [1.82, 2.24) is 25.1 Å². The molecule has 1 N–H and O–H groups in total. The van der Waals surface area contributed by atoms with E-state index in [9.17, 15) is 31.1 Å². The predicted octanol–water partition coefficient (Wildman–Crippen LogP) is 3.98. The lowest BCUT2D eigenvalue weighted by atomic mass is 10.1. The van der Waals surface area contributed by atoms with Crippen molar-refractivity contribution in [1.29, 1.82) is 5.26 Å². The summed E-state index contributed by atoms with van der Waals surface area (Å²) in [7, 11) is 0. The number of nitrogens with one attached hydrogen (secondary N) is 1. The highest BCUT2D eigenvalue weighted by Gasteiger charge is 2.33. The molecule has 0 aliphatic heterocycles. The number of aromatic nitrogens is 4. The monoisotopic (exact) mass is 484 g/mol. The van der Waals surface area contributed by atoms with Gasteiger partial charge in [0.1, 0.15) is 18.1 Å². The van der Waals surface area contributed by atoms with Crippen molar-refractivity contribution in [3.8, 4) is 17.6 Å². The van der Waals surface area contributed by atoms with Gasteiger partial charge in [0.2, 0.25) is 0 Å². The molecule has 0 saturated carbocycles. The molecule has 1 aromatic carbocycles. The molecule has 1 atom stereocenters. The first-order valence-corrected chi connectivity index (χ1v) is 9.36. The zero-order chi connectivity index (χ0) is 25.1. The van der Waals surface area contributed by atoms with Crippen LogP contribution in [0.25, 0.3) is 5.82 Å². The SMILES string of the molecule is CC(NC(=O)c1cc(OCC(F)(F)F)cc(C(F)(F)F)c1)c1ncnn1-c1ccc(C#N)cn1. The highest BCUT2D eigenvalue weighted by molar-refractivity contribution is 5.95. The van der Waals surface area contributed by atoms with Crippen LogP contribution in [0.4, 0.5) is 26.3 Å². The van der Waals surface area contributed by atoms with Crippen LogP contribution in [0.1, 0.15) is 40.3 Å². The third-order valence-electron chi connectivity index (χ3n) is 4.30. The summed E-state index contributed by atoms with van der Waals surface area (Å²) in [5.41, 5.74) is -1.63. The summed E-state index contributed by atoms with van der Waals surface area (Å²) < 4.78 is 82.5. The Balaban J connectivity index is 1.85. The Labute approximate surface area is 187 Å². The van der Waals surface area contributed by atoms with Crippen LogP contribution >= 0.6 is 0 Å². The van der Waals surface area contributed by atoms with Crippen LogP contribution in [0.15, 0.2) is 42.9 Å². The molecule has 0 aliphatic rings. The van der Waals surface area contributed by atoms with Gasteiger partial charge in [0.25, 0.3) is 5.91 Å². The Morgan fingerprint density at radius 3 is 2.50 bits per heavy atom. The molecule has 0 bridgehead atoms. The van der Waals surface area contributed by atoms with Gasteiger partial charge >= 0.3 is 12.4 Å². The fourth-order valence-corrected chi connectivity index (χ4v) is 2.79. The Kier molecular flexibility index (Phi) is 6.75. The van der Waals surface area contributed by atoms with E-state index in [1.165, 1.54) is 29.9 Å². The molecule has 1 unspecified atom stereocenters. The summed E-state index contributed by atoms with van der Waals surface area (Å²) in [5, 5.41) is 15.3. The van der Waals surface area contributed by atoms with E-state index in [4.69, 9.17) is 5.26 Å². The first kappa shape index (κ1) is 24.5. The van der Waals surface area contributed by atoms with Gasteiger partial charge in [0, 0.05) is 11.8 Å². The number of ether oxygens (including phenoxy) is 1.